The molecular weight excluding hydrogens is 1290 g/mol. The maximum atomic E-state index is 15.1. The zero-order chi connectivity index (χ0) is 70.0. The lowest BCUT2D eigenvalue weighted by molar-refractivity contribution is -0.450. The number of aromatic hydroxyl groups is 1. The van der Waals surface area contributed by atoms with Gasteiger partial charge < -0.3 is 76.6 Å². The Morgan fingerprint density at radius 1 is 0.550 bits per heavy atom. The minimum atomic E-state index is -0.904. The van der Waals surface area contributed by atoms with Crippen molar-refractivity contribution in [3.8, 4) is 34.5 Å². The Balaban J connectivity index is 0.000000134. The van der Waals surface area contributed by atoms with E-state index in [9.17, 15) is 23.9 Å². The molecule has 0 radical (unpaired) electrons. The Morgan fingerprint density at radius 3 is 1.49 bits per heavy atom. The molecule has 9 atom stereocenters. The number of halogens is 3. The third-order valence-corrected chi connectivity index (χ3v) is 22.2. The molecule has 15 rings (SSSR count). The number of hydrogen-bond donors (Lipinski definition) is 7. The van der Waals surface area contributed by atoms with Crippen molar-refractivity contribution in [1.29, 1.82) is 0 Å². The summed E-state index contributed by atoms with van der Waals surface area (Å²) >= 11 is 0. The monoisotopic (exact) mass is 1380 g/mol. The van der Waals surface area contributed by atoms with E-state index in [-0.39, 0.29) is 104 Å². The summed E-state index contributed by atoms with van der Waals surface area (Å²) in [6, 6.07) is 6.60. The van der Waals surface area contributed by atoms with Gasteiger partial charge in [0.25, 0.3) is 0 Å². The number of phenols is 1. The average Bonchev–Trinajstić information content (AvgIpc) is 0.961. The first-order valence-corrected chi connectivity index (χ1v) is 35.3. The van der Waals surface area contributed by atoms with E-state index in [2.05, 4.69) is 45.9 Å². The number of rotatable bonds is 14. The fraction of sp³-hybridized carbons (Fsp3) is 0.556. The van der Waals surface area contributed by atoms with Crippen molar-refractivity contribution >= 4 is 91.2 Å². The average molecular weight is 1380 g/mol. The Hall–Kier alpha value is -8.89. The number of benzene rings is 3. The Morgan fingerprint density at radius 2 is 1.02 bits per heavy atom. The topological polar surface area (TPSA) is 322 Å². The summed E-state index contributed by atoms with van der Waals surface area (Å²) in [7, 11) is 6.95. The van der Waals surface area contributed by atoms with Crippen molar-refractivity contribution in [1.82, 2.24) is 60.6 Å². The number of hydrogen-bond acceptors (Lipinski definition) is 21. The largest absolute Gasteiger partial charge is 0.502 e. The second-order valence-electron chi connectivity index (χ2n) is 27.9. The van der Waals surface area contributed by atoms with E-state index in [1.165, 1.54) is 112 Å². The number of fused-ring (bicyclic) bond motifs is 6. The molecule has 28 heteroatoms. The number of nitrogens with two attached hydrogens (primary N) is 3. The van der Waals surface area contributed by atoms with Crippen molar-refractivity contribution in [3.63, 3.8) is 0 Å². The molecule has 3 aromatic heterocycles. The van der Waals surface area contributed by atoms with Crippen molar-refractivity contribution in [2.24, 2.45) is 23.7 Å². The zero-order valence-corrected chi connectivity index (χ0v) is 57.6. The van der Waals surface area contributed by atoms with Crippen LogP contribution in [-0.4, -0.2) is 196 Å². The zero-order valence-electron chi connectivity index (χ0n) is 57.6. The van der Waals surface area contributed by atoms with Crippen molar-refractivity contribution < 1.29 is 60.9 Å². The summed E-state index contributed by atoms with van der Waals surface area (Å²) < 4.78 is 72.3. The highest BCUT2D eigenvalue weighted by atomic mass is 19.1. The van der Waals surface area contributed by atoms with E-state index < -0.39 is 23.2 Å². The van der Waals surface area contributed by atoms with Crippen LogP contribution in [0.1, 0.15) is 127 Å². The number of carbonyl (C=O) groups excluding carboxylic acids is 3. The number of amides is 3. The van der Waals surface area contributed by atoms with Crippen molar-refractivity contribution in [2.45, 2.75) is 146 Å². The normalized spacial score (nSPS) is 24.8. The molecule has 0 bridgehead atoms. The lowest BCUT2D eigenvalue weighted by atomic mass is 9.85. The van der Waals surface area contributed by atoms with Gasteiger partial charge in [-0.2, -0.15) is 4.39 Å². The third-order valence-electron chi connectivity index (χ3n) is 22.2. The smallest absolute Gasteiger partial charge is 0.435 e. The van der Waals surface area contributed by atoms with Gasteiger partial charge in [-0.05, 0) is 123 Å². The van der Waals surface area contributed by atoms with Gasteiger partial charge in [-0.1, -0.05) is 49.2 Å². The predicted molar refractivity (Wildman–Crippen MR) is 373 cm³/mol. The molecule has 3 saturated carbocycles. The van der Waals surface area contributed by atoms with E-state index in [0.29, 0.717) is 124 Å². The number of nitrogens with one attached hydrogen (secondary N) is 3. The Kier molecular flexibility index (Phi) is 21.0. The fourth-order valence-electron chi connectivity index (χ4n) is 16.8. The van der Waals surface area contributed by atoms with Crippen LogP contribution < -0.4 is 56.8 Å². The van der Waals surface area contributed by atoms with Gasteiger partial charge in [0.1, 0.15) is 22.7 Å². The first-order valence-electron chi connectivity index (χ1n) is 35.3. The van der Waals surface area contributed by atoms with Crippen LogP contribution in [0.2, 0.25) is 0 Å². The van der Waals surface area contributed by atoms with E-state index in [1.54, 1.807) is 16.7 Å². The van der Waals surface area contributed by atoms with Crippen molar-refractivity contribution in [3.05, 3.63) is 59.5 Å². The summed E-state index contributed by atoms with van der Waals surface area (Å²) in [5, 5.41) is 21.9. The lowest BCUT2D eigenvalue weighted by Crippen LogP contribution is -2.44. The molecule has 3 amide bonds. The molecule has 25 nitrogen and oxygen atoms in total. The van der Waals surface area contributed by atoms with Crippen molar-refractivity contribution in [2.75, 3.05) is 105 Å². The fourth-order valence-corrected chi connectivity index (χ4v) is 16.8. The SMILES string of the molecule is COc1cc2c(N)nc(C3=CCN(C(=O)C[C@@H]4C[C@@H]5CCCC[C@@H]5N4)CC3)nc2c(F)c1OC.COc1cc2c(N)nc(C3=CCN(C(=O)C[C@@H]4NC[C@@H]5CCC[C@@H]54)CC3)nc2c(F)c1OC.COc1cc2c(N)nc([N+]3=CCN(C(=O)C[C@H]4C[C@@H]5CCCC[C@@H]5N4)CC3)nc2c(F)c1O. The van der Waals surface area contributed by atoms with E-state index in [4.69, 9.17) is 40.9 Å². The highest BCUT2D eigenvalue weighted by Crippen LogP contribution is 2.43. The maximum Gasteiger partial charge on any atom is 0.435 e. The molecule has 534 valence electrons. The molecule has 0 spiro atoms. The highest BCUT2D eigenvalue weighted by Gasteiger charge is 2.42. The predicted octanol–water partition coefficient (Wildman–Crippen LogP) is 7.99. The Labute approximate surface area is 578 Å². The molecule has 9 aliphatic rings. The molecule has 3 aliphatic carbocycles. The lowest BCUT2D eigenvalue weighted by Gasteiger charge is -2.28. The number of ether oxygens (including phenoxy) is 5. The van der Waals surface area contributed by atoms with Crippen LogP contribution in [0.3, 0.4) is 0 Å². The maximum absolute atomic E-state index is 15.1. The standard InChI is InChI=1S/C25H32FN5O3.C24H30FN5O3.C23H29FN6O3/c1-33-19-13-17-22(21(26)23(19)34-2)29-25(30-24(17)27)14-7-9-31(10-8-14)20(32)12-16-11-15-5-3-4-6-18(15)28-16;1-32-18-10-16-21(20(25)22(18)33-2)28-24(29-23(16)26)13-6-8-30(9-7-13)19(31)11-17-15-5-3-4-14(15)12-27-17;1-33-17-12-15-20(19(24)21(17)32)27-23(28-22(15)25)30-8-6-29(7-9-30)18(31)11-14-10-13-4-2-3-5-16(13)26-14/h7,13,15-16,18,28H,3-6,8-12H2,1-2H3,(H2,27,29,30);6,10,14-15,17,27H,3-5,7-9,11-12H2,1-2H3,(H2,26,28,29);8,12-14,16,26H,2-7,9-11H2,1H3,(H2-,25,27,28,32)/p+1/t15-,16-,18-;14-,15-,17-;13-,14+,16-/m000/s1. The van der Waals surface area contributed by atoms with Gasteiger partial charge in [0, 0.05) is 92.5 Å². The Bertz CT molecular complexity index is 4190. The molecule has 0 unspecified atom stereocenters. The number of aromatic nitrogens is 6. The van der Waals surface area contributed by atoms with E-state index in [1.807, 2.05) is 33.1 Å². The number of anilines is 3. The minimum Gasteiger partial charge on any atom is -0.502 e. The number of methoxy groups -OCH3 is 5. The van der Waals surface area contributed by atoms with Gasteiger partial charge in [0.05, 0.1) is 66.8 Å². The van der Waals surface area contributed by atoms with Crippen LogP contribution in [0.4, 0.5) is 36.6 Å². The second kappa shape index (κ2) is 30.1. The van der Waals surface area contributed by atoms with Crippen LogP contribution in [-0.2, 0) is 14.4 Å². The summed E-state index contributed by atoms with van der Waals surface area (Å²) in [6.07, 6.45) is 24.7. The van der Waals surface area contributed by atoms with Gasteiger partial charge in [0.15, 0.2) is 63.3 Å². The quantitative estimate of drug-likeness (QED) is 0.0508. The van der Waals surface area contributed by atoms with Crippen LogP contribution in [0, 0.1) is 41.1 Å². The molecule has 3 saturated heterocycles. The summed E-state index contributed by atoms with van der Waals surface area (Å²) in [4.78, 5) is 70.7. The summed E-state index contributed by atoms with van der Waals surface area (Å²) in [5.41, 5.74) is 20.2. The first-order chi connectivity index (χ1) is 48.4. The number of phenolic OH excluding ortho intramolecular Hbond substituents is 1. The second-order valence-corrected chi connectivity index (χ2v) is 27.9. The van der Waals surface area contributed by atoms with Crippen LogP contribution in [0.25, 0.3) is 43.9 Å². The number of nitrogens with zero attached hydrogens (tertiary/aromatic N) is 10. The summed E-state index contributed by atoms with van der Waals surface area (Å²) in [6.45, 7) is 4.61. The molecular formula is C72H92F3N16O9+. The number of nitrogen functional groups attached to an aromatic ring is 3. The molecule has 6 aliphatic heterocycles. The van der Waals surface area contributed by atoms with E-state index >= 15 is 8.78 Å². The van der Waals surface area contributed by atoms with Gasteiger partial charge in [-0.15, -0.1) is 0 Å². The van der Waals surface area contributed by atoms with Gasteiger partial charge in [0.2, 0.25) is 29.4 Å². The van der Waals surface area contributed by atoms with E-state index in [0.717, 1.165) is 48.3 Å². The van der Waals surface area contributed by atoms with Crippen LogP contribution in [0.15, 0.2) is 30.4 Å². The van der Waals surface area contributed by atoms with Gasteiger partial charge in [-0.3, -0.25) is 14.4 Å². The molecule has 10 N–H and O–H groups in total. The molecule has 6 fully saturated rings. The van der Waals surface area contributed by atoms with Crippen LogP contribution in [0.5, 0.6) is 34.5 Å². The third kappa shape index (κ3) is 14.3. The van der Waals surface area contributed by atoms with Gasteiger partial charge >= 0.3 is 5.95 Å². The summed E-state index contributed by atoms with van der Waals surface area (Å²) in [5.74, 6) is 2.37. The molecule has 3 aromatic carbocycles. The number of carbonyl (C=O) groups is 3. The van der Waals surface area contributed by atoms with Crippen LogP contribution >= 0.6 is 0 Å². The molecule has 9 heterocycles. The molecule has 100 heavy (non-hydrogen) atoms. The van der Waals surface area contributed by atoms with Gasteiger partial charge in [-0.25, -0.2) is 33.3 Å². The molecule has 6 aromatic rings. The minimum absolute atomic E-state index is 0.0196. The highest BCUT2D eigenvalue weighted by molar-refractivity contribution is 5.95. The first kappa shape index (κ1) is 69.6.